The third kappa shape index (κ3) is 2.46. The zero-order valence-electron chi connectivity index (χ0n) is 10.5. The number of hydrogen-bond donors (Lipinski definition) is 1. The van der Waals surface area contributed by atoms with Gasteiger partial charge in [0.25, 0.3) is 0 Å². The summed E-state index contributed by atoms with van der Waals surface area (Å²) in [5.41, 5.74) is 2.22. The standard InChI is InChI=1S/C15H22O/c1-11-4-6-13(7-5-11)14-10-15(3,16)9-8-12(14)2/h4-7,12,14,16H,8-10H2,1-3H3/t12-,14-,15?/m1/s1. The molecule has 1 nitrogen and oxygen atoms in total. The highest BCUT2D eigenvalue weighted by Gasteiger charge is 2.34. The Hall–Kier alpha value is -0.820. The highest BCUT2D eigenvalue weighted by molar-refractivity contribution is 5.26. The minimum absolute atomic E-state index is 0.470. The molecule has 0 heterocycles. The van der Waals surface area contributed by atoms with Crippen LogP contribution in [0.1, 0.15) is 50.2 Å². The van der Waals surface area contributed by atoms with Crippen LogP contribution in [0.5, 0.6) is 0 Å². The van der Waals surface area contributed by atoms with E-state index < -0.39 is 5.60 Å². The number of aryl methyl sites for hydroxylation is 1. The van der Waals surface area contributed by atoms with Crippen LogP contribution in [-0.2, 0) is 0 Å². The van der Waals surface area contributed by atoms with Crippen molar-refractivity contribution in [2.24, 2.45) is 5.92 Å². The largest absolute Gasteiger partial charge is 0.390 e. The Morgan fingerprint density at radius 2 is 1.88 bits per heavy atom. The Kier molecular flexibility index (Phi) is 3.07. The zero-order valence-corrected chi connectivity index (χ0v) is 10.5. The lowest BCUT2D eigenvalue weighted by atomic mass is 9.70. The van der Waals surface area contributed by atoms with Gasteiger partial charge in [-0.2, -0.15) is 0 Å². The molecule has 16 heavy (non-hydrogen) atoms. The molecule has 1 saturated carbocycles. The van der Waals surface area contributed by atoms with Crippen LogP contribution in [0.2, 0.25) is 0 Å². The molecule has 1 aliphatic carbocycles. The molecule has 1 N–H and O–H groups in total. The van der Waals surface area contributed by atoms with Crippen molar-refractivity contribution in [1.82, 2.24) is 0 Å². The molecule has 0 spiro atoms. The fraction of sp³-hybridized carbons (Fsp3) is 0.600. The lowest BCUT2D eigenvalue weighted by Gasteiger charge is -2.38. The van der Waals surface area contributed by atoms with E-state index in [1.807, 2.05) is 6.92 Å². The van der Waals surface area contributed by atoms with Gasteiger partial charge in [0.1, 0.15) is 0 Å². The average Bonchev–Trinajstić information content (AvgIpc) is 2.23. The quantitative estimate of drug-likeness (QED) is 0.763. The fourth-order valence-electron chi connectivity index (χ4n) is 2.78. The third-order valence-corrected chi connectivity index (χ3v) is 3.99. The minimum atomic E-state index is -0.470. The highest BCUT2D eigenvalue weighted by atomic mass is 16.3. The SMILES string of the molecule is Cc1ccc([C@@H]2CC(C)(O)CC[C@H]2C)cc1. The summed E-state index contributed by atoms with van der Waals surface area (Å²) in [5.74, 6) is 1.20. The maximum atomic E-state index is 10.2. The molecule has 88 valence electrons. The molecule has 1 unspecified atom stereocenters. The summed E-state index contributed by atoms with van der Waals surface area (Å²) in [6, 6.07) is 8.78. The number of aliphatic hydroxyl groups is 1. The predicted molar refractivity (Wildman–Crippen MR) is 67.6 cm³/mol. The molecule has 0 saturated heterocycles. The van der Waals surface area contributed by atoms with E-state index in [1.165, 1.54) is 11.1 Å². The van der Waals surface area contributed by atoms with E-state index in [4.69, 9.17) is 0 Å². The van der Waals surface area contributed by atoms with E-state index in [2.05, 4.69) is 38.1 Å². The summed E-state index contributed by atoms with van der Waals surface area (Å²) in [6.45, 7) is 6.39. The smallest absolute Gasteiger partial charge is 0.0625 e. The number of benzene rings is 1. The normalized spacial score (nSPS) is 35.0. The summed E-state index contributed by atoms with van der Waals surface area (Å²) in [7, 11) is 0. The van der Waals surface area contributed by atoms with E-state index in [-0.39, 0.29) is 0 Å². The first-order chi connectivity index (χ1) is 7.48. The molecule has 0 bridgehead atoms. The van der Waals surface area contributed by atoms with Crippen LogP contribution in [-0.4, -0.2) is 10.7 Å². The van der Waals surface area contributed by atoms with Crippen molar-refractivity contribution in [3.8, 4) is 0 Å². The maximum absolute atomic E-state index is 10.2. The van der Waals surface area contributed by atoms with Crippen LogP contribution < -0.4 is 0 Å². The molecule has 1 heteroatoms. The Morgan fingerprint density at radius 1 is 1.25 bits per heavy atom. The minimum Gasteiger partial charge on any atom is -0.390 e. The Balaban J connectivity index is 2.21. The van der Waals surface area contributed by atoms with E-state index in [0.29, 0.717) is 11.8 Å². The molecular weight excluding hydrogens is 196 g/mol. The van der Waals surface area contributed by atoms with Gasteiger partial charge >= 0.3 is 0 Å². The summed E-state index contributed by atoms with van der Waals surface area (Å²) >= 11 is 0. The number of hydrogen-bond acceptors (Lipinski definition) is 1. The first kappa shape index (κ1) is 11.7. The van der Waals surface area contributed by atoms with Crippen molar-refractivity contribution in [2.75, 3.05) is 0 Å². The Morgan fingerprint density at radius 3 is 2.50 bits per heavy atom. The topological polar surface area (TPSA) is 20.2 Å². The van der Waals surface area contributed by atoms with Gasteiger partial charge in [-0.05, 0) is 50.5 Å². The molecule has 1 aromatic rings. The van der Waals surface area contributed by atoms with E-state index >= 15 is 0 Å². The third-order valence-electron chi connectivity index (χ3n) is 3.99. The monoisotopic (exact) mass is 218 g/mol. The van der Waals surface area contributed by atoms with Crippen LogP contribution >= 0.6 is 0 Å². The van der Waals surface area contributed by atoms with Crippen LogP contribution in [0.4, 0.5) is 0 Å². The molecule has 3 atom stereocenters. The van der Waals surface area contributed by atoms with Crippen LogP contribution in [0.15, 0.2) is 24.3 Å². The van der Waals surface area contributed by atoms with Gasteiger partial charge < -0.3 is 5.11 Å². The second kappa shape index (κ2) is 4.21. The Bertz CT molecular complexity index is 350. The second-order valence-electron chi connectivity index (χ2n) is 5.73. The van der Waals surface area contributed by atoms with E-state index in [1.54, 1.807) is 0 Å². The van der Waals surface area contributed by atoms with Crippen LogP contribution in [0.25, 0.3) is 0 Å². The van der Waals surface area contributed by atoms with Crippen molar-refractivity contribution in [3.63, 3.8) is 0 Å². The van der Waals surface area contributed by atoms with Crippen molar-refractivity contribution >= 4 is 0 Å². The highest BCUT2D eigenvalue weighted by Crippen LogP contribution is 2.42. The van der Waals surface area contributed by atoms with Crippen molar-refractivity contribution in [1.29, 1.82) is 0 Å². The van der Waals surface area contributed by atoms with Gasteiger partial charge in [0, 0.05) is 0 Å². The maximum Gasteiger partial charge on any atom is 0.0625 e. The Labute approximate surface area is 98.5 Å². The summed E-state index contributed by atoms with van der Waals surface area (Å²) in [5, 5.41) is 10.2. The average molecular weight is 218 g/mol. The van der Waals surface area contributed by atoms with Gasteiger partial charge in [0.05, 0.1) is 5.60 Å². The number of rotatable bonds is 1. The molecule has 0 radical (unpaired) electrons. The van der Waals surface area contributed by atoms with Gasteiger partial charge in [0.2, 0.25) is 0 Å². The lowest BCUT2D eigenvalue weighted by Crippen LogP contribution is -2.34. The van der Waals surface area contributed by atoms with Gasteiger partial charge in [-0.3, -0.25) is 0 Å². The van der Waals surface area contributed by atoms with Gasteiger partial charge in [-0.25, -0.2) is 0 Å². The molecule has 1 fully saturated rings. The summed E-state index contributed by atoms with van der Waals surface area (Å²) in [4.78, 5) is 0. The van der Waals surface area contributed by atoms with Crippen LogP contribution in [0.3, 0.4) is 0 Å². The molecule has 1 aromatic carbocycles. The van der Waals surface area contributed by atoms with Crippen molar-refractivity contribution in [3.05, 3.63) is 35.4 Å². The summed E-state index contributed by atoms with van der Waals surface area (Å²) < 4.78 is 0. The molecular formula is C15H22O. The fourth-order valence-corrected chi connectivity index (χ4v) is 2.78. The second-order valence-corrected chi connectivity index (χ2v) is 5.73. The van der Waals surface area contributed by atoms with Gasteiger partial charge in [0.15, 0.2) is 0 Å². The predicted octanol–water partition coefficient (Wildman–Crippen LogP) is 3.65. The summed E-state index contributed by atoms with van der Waals surface area (Å²) in [6.07, 6.45) is 2.97. The van der Waals surface area contributed by atoms with Crippen LogP contribution in [0, 0.1) is 12.8 Å². The lowest BCUT2D eigenvalue weighted by molar-refractivity contribution is 0.000265. The molecule has 1 aliphatic rings. The van der Waals surface area contributed by atoms with Gasteiger partial charge in [-0.1, -0.05) is 36.8 Å². The van der Waals surface area contributed by atoms with Crippen molar-refractivity contribution < 1.29 is 5.11 Å². The zero-order chi connectivity index (χ0) is 11.8. The first-order valence-corrected chi connectivity index (χ1v) is 6.27. The van der Waals surface area contributed by atoms with E-state index in [0.717, 1.165) is 19.3 Å². The van der Waals surface area contributed by atoms with Crippen molar-refractivity contribution in [2.45, 2.75) is 51.6 Å². The van der Waals surface area contributed by atoms with E-state index in [9.17, 15) is 5.11 Å². The molecule has 2 rings (SSSR count). The van der Waals surface area contributed by atoms with Gasteiger partial charge in [-0.15, -0.1) is 0 Å². The molecule has 0 amide bonds. The first-order valence-electron chi connectivity index (χ1n) is 6.27. The molecule has 0 aromatic heterocycles. The molecule has 0 aliphatic heterocycles.